The van der Waals surface area contributed by atoms with Crippen molar-refractivity contribution in [3.05, 3.63) is 21.9 Å². The molecule has 0 amide bonds. The predicted molar refractivity (Wildman–Crippen MR) is 43.0 cm³/mol. The van der Waals surface area contributed by atoms with E-state index in [0.717, 1.165) is 4.88 Å². The van der Waals surface area contributed by atoms with Crippen LogP contribution in [-0.4, -0.2) is 11.7 Å². The highest BCUT2D eigenvalue weighted by atomic mass is 32.1. The lowest BCUT2D eigenvalue weighted by Gasteiger charge is -2.02. The Labute approximate surface area is 68.7 Å². The third-order valence-corrected chi connectivity index (χ3v) is 2.38. The van der Waals surface area contributed by atoms with Crippen molar-refractivity contribution in [3.8, 4) is 6.07 Å². The largest absolute Gasteiger partial charge is 0.394 e. The van der Waals surface area contributed by atoms with Crippen molar-refractivity contribution in [2.24, 2.45) is 5.73 Å². The van der Waals surface area contributed by atoms with Crippen LogP contribution in [0.1, 0.15) is 16.5 Å². The highest BCUT2D eigenvalue weighted by Gasteiger charge is 2.06. The number of nitrogens with zero attached hydrogens (tertiary/aromatic N) is 1. The van der Waals surface area contributed by atoms with Gasteiger partial charge in [-0.05, 0) is 6.07 Å². The van der Waals surface area contributed by atoms with Crippen LogP contribution >= 0.6 is 11.3 Å². The van der Waals surface area contributed by atoms with Gasteiger partial charge in [0.2, 0.25) is 0 Å². The van der Waals surface area contributed by atoms with Gasteiger partial charge >= 0.3 is 0 Å². The summed E-state index contributed by atoms with van der Waals surface area (Å²) in [6.07, 6.45) is 0. The molecule has 0 aromatic carbocycles. The van der Waals surface area contributed by atoms with E-state index in [4.69, 9.17) is 16.1 Å². The van der Waals surface area contributed by atoms with Gasteiger partial charge < -0.3 is 10.8 Å². The Balaban J connectivity index is 2.82. The van der Waals surface area contributed by atoms with Gasteiger partial charge in [-0.2, -0.15) is 5.26 Å². The first kappa shape index (κ1) is 8.21. The van der Waals surface area contributed by atoms with Crippen LogP contribution in [0.4, 0.5) is 0 Å². The molecule has 4 heteroatoms. The summed E-state index contributed by atoms with van der Waals surface area (Å²) < 4.78 is 0. The number of hydrogen-bond donors (Lipinski definition) is 2. The maximum Gasteiger partial charge on any atom is 0.100 e. The zero-order valence-electron chi connectivity index (χ0n) is 5.82. The number of hydrogen-bond acceptors (Lipinski definition) is 4. The zero-order chi connectivity index (χ0) is 8.27. The average molecular weight is 168 g/mol. The topological polar surface area (TPSA) is 70.0 Å². The minimum Gasteiger partial charge on any atom is -0.394 e. The third-order valence-electron chi connectivity index (χ3n) is 1.31. The standard InChI is InChI=1S/C7H8N2OS/c8-2-5-1-7(11-4-5)6(9)3-10/h1,4,6,10H,3,9H2/t6-/m0/s1. The Morgan fingerprint density at radius 2 is 2.55 bits per heavy atom. The molecule has 0 saturated heterocycles. The van der Waals surface area contributed by atoms with Crippen LogP contribution in [0.15, 0.2) is 11.4 Å². The fourth-order valence-electron chi connectivity index (χ4n) is 0.696. The van der Waals surface area contributed by atoms with Gasteiger partial charge in [0, 0.05) is 10.3 Å². The Kier molecular flexibility index (Phi) is 2.60. The second-order valence-electron chi connectivity index (χ2n) is 2.14. The second kappa shape index (κ2) is 3.49. The van der Waals surface area contributed by atoms with Crippen molar-refractivity contribution in [3.63, 3.8) is 0 Å². The lowest BCUT2D eigenvalue weighted by molar-refractivity contribution is 0.269. The molecule has 3 nitrogen and oxygen atoms in total. The van der Waals surface area contributed by atoms with E-state index in [1.807, 2.05) is 6.07 Å². The Hall–Kier alpha value is -0.890. The molecule has 0 fully saturated rings. The van der Waals surface area contributed by atoms with E-state index in [2.05, 4.69) is 0 Å². The van der Waals surface area contributed by atoms with E-state index in [-0.39, 0.29) is 12.6 Å². The quantitative estimate of drug-likeness (QED) is 0.679. The van der Waals surface area contributed by atoms with Gasteiger partial charge in [-0.15, -0.1) is 11.3 Å². The summed E-state index contributed by atoms with van der Waals surface area (Å²) in [7, 11) is 0. The monoisotopic (exact) mass is 168 g/mol. The molecule has 1 aromatic rings. The van der Waals surface area contributed by atoms with Crippen LogP contribution < -0.4 is 5.73 Å². The van der Waals surface area contributed by atoms with Crippen LogP contribution in [0.5, 0.6) is 0 Å². The van der Waals surface area contributed by atoms with Crippen LogP contribution in [0.25, 0.3) is 0 Å². The van der Waals surface area contributed by atoms with E-state index in [9.17, 15) is 0 Å². The first-order chi connectivity index (χ1) is 5.27. The summed E-state index contributed by atoms with van der Waals surface area (Å²) in [6, 6.07) is 3.35. The molecule has 0 spiro atoms. The number of aliphatic hydroxyl groups excluding tert-OH is 1. The first-order valence-electron chi connectivity index (χ1n) is 3.13. The van der Waals surface area contributed by atoms with Crippen molar-refractivity contribution in [2.75, 3.05) is 6.61 Å². The minimum absolute atomic E-state index is 0.0780. The van der Waals surface area contributed by atoms with Crippen LogP contribution in [0.3, 0.4) is 0 Å². The van der Waals surface area contributed by atoms with Crippen molar-refractivity contribution >= 4 is 11.3 Å². The lowest BCUT2D eigenvalue weighted by atomic mass is 10.2. The maximum atomic E-state index is 8.67. The third kappa shape index (κ3) is 1.77. The first-order valence-corrected chi connectivity index (χ1v) is 4.01. The minimum atomic E-state index is -0.345. The summed E-state index contributed by atoms with van der Waals surface area (Å²) in [6.45, 7) is -0.0780. The Morgan fingerprint density at radius 3 is 3.00 bits per heavy atom. The molecule has 11 heavy (non-hydrogen) atoms. The molecule has 0 bridgehead atoms. The molecular formula is C7H8N2OS. The van der Waals surface area contributed by atoms with Gasteiger partial charge in [-0.25, -0.2) is 0 Å². The molecule has 0 aliphatic rings. The van der Waals surface area contributed by atoms with Gasteiger partial charge in [0.05, 0.1) is 18.2 Å². The molecule has 0 saturated carbocycles. The summed E-state index contributed by atoms with van der Waals surface area (Å²) in [5.41, 5.74) is 6.12. The molecule has 58 valence electrons. The highest BCUT2D eigenvalue weighted by Crippen LogP contribution is 2.19. The van der Waals surface area contributed by atoms with Crippen LogP contribution in [-0.2, 0) is 0 Å². The second-order valence-corrected chi connectivity index (χ2v) is 3.08. The fourth-order valence-corrected chi connectivity index (χ4v) is 1.52. The summed E-state index contributed by atoms with van der Waals surface area (Å²) in [5, 5.41) is 18.9. The van der Waals surface area contributed by atoms with Crippen molar-refractivity contribution in [1.29, 1.82) is 5.26 Å². The van der Waals surface area contributed by atoms with Crippen molar-refractivity contribution in [2.45, 2.75) is 6.04 Å². The number of thiophene rings is 1. The van der Waals surface area contributed by atoms with Gasteiger partial charge in [-0.1, -0.05) is 0 Å². The van der Waals surface area contributed by atoms with E-state index < -0.39 is 0 Å². The molecule has 0 radical (unpaired) electrons. The van der Waals surface area contributed by atoms with Gasteiger partial charge in [0.15, 0.2) is 0 Å². The fraction of sp³-hybridized carbons (Fsp3) is 0.286. The van der Waals surface area contributed by atoms with E-state index >= 15 is 0 Å². The number of aliphatic hydroxyl groups is 1. The molecule has 0 unspecified atom stereocenters. The molecular weight excluding hydrogens is 160 g/mol. The number of nitriles is 1. The van der Waals surface area contributed by atoms with Crippen LogP contribution in [0, 0.1) is 11.3 Å². The molecule has 0 aliphatic carbocycles. The molecule has 1 atom stereocenters. The Morgan fingerprint density at radius 1 is 1.82 bits per heavy atom. The SMILES string of the molecule is N#Cc1csc([C@@H](N)CO)c1. The van der Waals surface area contributed by atoms with E-state index in [1.165, 1.54) is 11.3 Å². The summed E-state index contributed by atoms with van der Waals surface area (Å²) >= 11 is 1.40. The predicted octanol–water partition coefficient (Wildman–Crippen LogP) is 0.612. The average Bonchev–Trinajstić information content (AvgIpc) is 2.50. The van der Waals surface area contributed by atoms with Crippen molar-refractivity contribution in [1.82, 2.24) is 0 Å². The number of rotatable bonds is 2. The van der Waals surface area contributed by atoms with Crippen LogP contribution in [0.2, 0.25) is 0 Å². The number of nitrogens with two attached hydrogens (primary N) is 1. The zero-order valence-corrected chi connectivity index (χ0v) is 6.64. The summed E-state index contributed by atoms with van der Waals surface area (Å²) in [4.78, 5) is 0.851. The molecule has 3 N–H and O–H groups in total. The summed E-state index contributed by atoms with van der Waals surface area (Å²) in [5.74, 6) is 0. The van der Waals surface area contributed by atoms with Gasteiger partial charge in [-0.3, -0.25) is 0 Å². The maximum absolute atomic E-state index is 8.67. The highest BCUT2D eigenvalue weighted by molar-refractivity contribution is 7.10. The molecule has 0 aliphatic heterocycles. The van der Waals surface area contributed by atoms with Gasteiger partial charge in [0.1, 0.15) is 6.07 Å². The normalized spacial score (nSPS) is 12.5. The van der Waals surface area contributed by atoms with Crippen molar-refractivity contribution < 1.29 is 5.11 Å². The molecule has 1 rings (SSSR count). The van der Waals surface area contributed by atoms with E-state index in [0.29, 0.717) is 5.56 Å². The smallest absolute Gasteiger partial charge is 0.100 e. The molecule has 1 aromatic heterocycles. The van der Waals surface area contributed by atoms with E-state index in [1.54, 1.807) is 11.4 Å². The lowest BCUT2D eigenvalue weighted by Crippen LogP contribution is -2.12. The van der Waals surface area contributed by atoms with Gasteiger partial charge in [0.25, 0.3) is 0 Å². The molecule has 1 heterocycles. The Bertz CT molecular complexity index is 276.